The molecule has 8 nitrogen and oxygen atoms in total. The molecule has 6 N–H and O–H groups in total. The first-order valence-electron chi connectivity index (χ1n) is 19.1. The summed E-state index contributed by atoms with van der Waals surface area (Å²) in [6.45, 7) is 1.34. The van der Waals surface area contributed by atoms with Gasteiger partial charge < -0.3 is 30.6 Å². The molecule has 0 aromatic rings. The quantitative estimate of drug-likeness (QED) is 0.0175. The van der Waals surface area contributed by atoms with Gasteiger partial charge in [0.2, 0.25) is 5.60 Å². The number of carbonyl (C=O) groups excluding carboxylic acids is 2. The first kappa shape index (κ1) is 45.6. The molecule has 0 fully saturated rings. The summed E-state index contributed by atoms with van der Waals surface area (Å²) in [6, 6.07) is 0. The lowest BCUT2D eigenvalue weighted by Gasteiger charge is -2.29. The average Bonchev–Trinajstić information content (AvgIpc) is 3.06. The van der Waals surface area contributed by atoms with E-state index in [1.54, 1.807) is 0 Å². The molecular formula is C39H72O8. The Hall–Kier alpha value is -1.42. The van der Waals surface area contributed by atoms with Crippen molar-refractivity contribution in [3.8, 4) is 0 Å². The zero-order chi connectivity index (χ0) is 35.0. The van der Waals surface area contributed by atoms with Gasteiger partial charge in [-0.15, -0.1) is 0 Å². The standard InChI is InChI=1S/C39H72O8/c1-2-3-4-23-28-34(41)29-24-19-15-13-14-17-21-26-31-36(43)39(47,37(44)33-40)35(42)30-25-20-16-11-9-7-5-6-8-10-12-18-22-27-32-38(45)46/h5-6,19,24,34,37-38,40-41,44-47H,2-4,7-18,20-23,25-33H2,1H3/b6-5-,24-19-/t34-,37?,39?/m1/s1. The first-order valence-corrected chi connectivity index (χ1v) is 19.1. The van der Waals surface area contributed by atoms with Gasteiger partial charge in [-0.25, -0.2) is 0 Å². The van der Waals surface area contributed by atoms with Crippen LogP contribution in [0.2, 0.25) is 0 Å². The molecule has 0 spiro atoms. The number of aliphatic hydroxyl groups excluding tert-OH is 4. The molecule has 8 heteroatoms. The molecule has 0 aliphatic rings. The van der Waals surface area contributed by atoms with Crippen molar-refractivity contribution in [3.05, 3.63) is 24.3 Å². The van der Waals surface area contributed by atoms with E-state index in [4.69, 9.17) is 10.2 Å². The molecule has 47 heavy (non-hydrogen) atoms. The summed E-state index contributed by atoms with van der Waals surface area (Å²) in [5.74, 6) is -1.40. The maximum atomic E-state index is 12.9. The van der Waals surface area contributed by atoms with Gasteiger partial charge in [0.25, 0.3) is 0 Å². The van der Waals surface area contributed by atoms with Crippen LogP contribution < -0.4 is 0 Å². The number of hydrogen-bond acceptors (Lipinski definition) is 8. The second kappa shape index (κ2) is 31.8. The lowest BCUT2D eigenvalue weighted by Crippen LogP contribution is -2.57. The van der Waals surface area contributed by atoms with Crippen molar-refractivity contribution >= 4 is 11.6 Å². The molecular weight excluding hydrogens is 596 g/mol. The molecule has 0 bridgehead atoms. The number of hydrogen-bond donors (Lipinski definition) is 6. The van der Waals surface area contributed by atoms with Gasteiger partial charge in [0.05, 0.1) is 12.7 Å². The van der Waals surface area contributed by atoms with E-state index in [-0.39, 0.29) is 18.9 Å². The molecule has 0 aliphatic heterocycles. The van der Waals surface area contributed by atoms with E-state index in [1.165, 1.54) is 19.3 Å². The molecule has 0 aromatic heterocycles. The normalized spacial score (nSPS) is 14.7. The number of Topliss-reactive ketones (excluding diaryl/α,β-unsaturated/α-hetero) is 2. The highest BCUT2D eigenvalue weighted by Gasteiger charge is 2.48. The van der Waals surface area contributed by atoms with E-state index in [0.29, 0.717) is 25.7 Å². The zero-order valence-electron chi connectivity index (χ0n) is 29.8. The zero-order valence-corrected chi connectivity index (χ0v) is 29.8. The molecule has 276 valence electrons. The maximum Gasteiger partial charge on any atom is 0.209 e. The fourth-order valence-electron chi connectivity index (χ4n) is 5.85. The van der Waals surface area contributed by atoms with Crippen LogP contribution in [-0.4, -0.2) is 72.9 Å². The predicted molar refractivity (Wildman–Crippen MR) is 191 cm³/mol. The molecule has 0 amide bonds. The summed E-state index contributed by atoms with van der Waals surface area (Å²) in [4.78, 5) is 25.7. The summed E-state index contributed by atoms with van der Waals surface area (Å²) in [7, 11) is 0. The third kappa shape index (κ3) is 25.2. The van der Waals surface area contributed by atoms with Crippen LogP contribution in [0.15, 0.2) is 24.3 Å². The molecule has 0 aromatic carbocycles. The Labute approximate surface area is 286 Å². The molecule has 2 unspecified atom stereocenters. The summed E-state index contributed by atoms with van der Waals surface area (Å²) >= 11 is 0. The summed E-state index contributed by atoms with van der Waals surface area (Å²) in [6.07, 6.45) is 29.2. The van der Waals surface area contributed by atoms with Crippen molar-refractivity contribution < 1.29 is 40.2 Å². The van der Waals surface area contributed by atoms with E-state index in [2.05, 4.69) is 31.2 Å². The minimum atomic E-state index is -2.53. The number of ketones is 2. The van der Waals surface area contributed by atoms with E-state index < -0.39 is 36.2 Å². The minimum absolute atomic E-state index is 0.00149. The number of rotatable bonds is 35. The molecule has 0 aliphatic carbocycles. The van der Waals surface area contributed by atoms with E-state index >= 15 is 0 Å². The van der Waals surface area contributed by atoms with Gasteiger partial charge in [-0.3, -0.25) is 9.59 Å². The number of aliphatic hydroxyl groups is 6. The van der Waals surface area contributed by atoms with Crippen LogP contribution in [0.3, 0.4) is 0 Å². The SMILES string of the molecule is CCCCCC[C@@H](O)C/C=C\CCCCCCCC(=O)C(O)(C(=O)CCCCCCC/C=C\CCCCCCCC(O)O)C(O)CO. The smallest absolute Gasteiger partial charge is 0.209 e. The number of allylic oxidation sites excluding steroid dienone is 3. The van der Waals surface area contributed by atoms with Gasteiger partial charge in [0, 0.05) is 12.8 Å². The monoisotopic (exact) mass is 669 g/mol. The van der Waals surface area contributed by atoms with Crippen LogP contribution in [0.4, 0.5) is 0 Å². The van der Waals surface area contributed by atoms with Gasteiger partial charge >= 0.3 is 0 Å². The Bertz CT molecular complexity index is 796. The Balaban J connectivity index is 4.04. The molecule has 0 saturated heterocycles. The van der Waals surface area contributed by atoms with Crippen molar-refractivity contribution in [2.45, 2.75) is 204 Å². The van der Waals surface area contributed by atoms with Gasteiger partial charge in [0.1, 0.15) is 6.10 Å². The lowest BCUT2D eigenvalue weighted by molar-refractivity contribution is -0.166. The molecule has 0 rings (SSSR count). The summed E-state index contributed by atoms with van der Waals surface area (Å²) in [5.41, 5.74) is -2.53. The van der Waals surface area contributed by atoms with Crippen molar-refractivity contribution in [2.75, 3.05) is 6.61 Å². The van der Waals surface area contributed by atoms with Gasteiger partial charge in [-0.1, -0.05) is 115 Å². The Morgan fingerprint density at radius 3 is 1.43 bits per heavy atom. The maximum absolute atomic E-state index is 12.9. The van der Waals surface area contributed by atoms with Crippen LogP contribution in [0.5, 0.6) is 0 Å². The Morgan fingerprint density at radius 2 is 0.957 bits per heavy atom. The van der Waals surface area contributed by atoms with Crippen LogP contribution in [0.1, 0.15) is 180 Å². The summed E-state index contributed by atoms with van der Waals surface area (Å²) < 4.78 is 0. The van der Waals surface area contributed by atoms with E-state index in [0.717, 1.165) is 116 Å². The van der Waals surface area contributed by atoms with E-state index in [9.17, 15) is 30.0 Å². The molecule has 0 saturated carbocycles. The van der Waals surface area contributed by atoms with Crippen LogP contribution in [0, 0.1) is 0 Å². The largest absolute Gasteiger partial charge is 0.394 e. The minimum Gasteiger partial charge on any atom is -0.394 e. The summed E-state index contributed by atoms with van der Waals surface area (Å²) in [5, 5.41) is 58.3. The van der Waals surface area contributed by atoms with Crippen LogP contribution >= 0.6 is 0 Å². The van der Waals surface area contributed by atoms with Crippen molar-refractivity contribution in [1.29, 1.82) is 0 Å². The number of unbranched alkanes of at least 4 members (excludes halogenated alkanes) is 18. The molecule has 0 radical (unpaired) electrons. The predicted octanol–water partition coefficient (Wildman–Crippen LogP) is 7.55. The van der Waals surface area contributed by atoms with Crippen molar-refractivity contribution in [1.82, 2.24) is 0 Å². The fraction of sp³-hybridized carbons (Fsp3) is 0.846. The third-order valence-corrected chi connectivity index (χ3v) is 9.02. The highest BCUT2D eigenvalue weighted by Crippen LogP contribution is 2.22. The van der Waals surface area contributed by atoms with Gasteiger partial charge in [0.15, 0.2) is 17.9 Å². The highest BCUT2D eigenvalue weighted by molar-refractivity contribution is 6.10. The topological polar surface area (TPSA) is 156 Å². The van der Waals surface area contributed by atoms with Crippen molar-refractivity contribution in [3.63, 3.8) is 0 Å². The Morgan fingerprint density at radius 1 is 0.553 bits per heavy atom. The first-order chi connectivity index (χ1) is 22.7. The van der Waals surface area contributed by atoms with Crippen molar-refractivity contribution in [2.24, 2.45) is 0 Å². The lowest BCUT2D eigenvalue weighted by atomic mass is 9.82. The van der Waals surface area contributed by atoms with Gasteiger partial charge in [-0.2, -0.15) is 0 Å². The Kier molecular flexibility index (Phi) is 30.9. The third-order valence-electron chi connectivity index (χ3n) is 9.02. The fourth-order valence-corrected chi connectivity index (χ4v) is 5.85. The molecule has 0 heterocycles. The second-order valence-electron chi connectivity index (χ2n) is 13.4. The highest BCUT2D eigenvalue weighted by atomic mass is 16.5. The second-order valence-corrected chi connectivity index (χ2v) is 13.4. The van der Waals surface area contributed by atoms with Crippen LogP contribution in [-0.2, 0) is 9.59 Å². The average molecular weight is 669 g/mol. The number of carbonyl (C=O) groups is 2. The molecule has 3 atom stereocenters. The van der Waals surface area contributed by atoms with Gasteiger partial charge in [-0.05, 0) is 77.0 Å². The van der Waals surface area contributed by atoms with Crippen LogP contribution in [0.25, 0.3) is 0 Å². The van der Waals surface area contributed by atoms with E-state index in [1.807, 2.05) is 0 Å².